The predicted octanol–water partition coefficient (Wildman–Crippen LogP) is 4.27. The van der Waals surface area contributed by atoms with Gasteiger partial charge in [0.2, 0.25) is 0 Å². The third kappa shape index (κ3) is 6.60. The Morgan fingerprint density at radius 2 is 1.93 bits per heavy atom. The number of hydrogen-bond acceptors (Lipinski definition) is 3. The lowest BCUT2D eigenvalue weighted by atomic mass is 10.00. The highest BCUT2D eigenvalue weighted by atomic mass is 127. The molecule has 0 radical (unpaired) electrons. The molecule has 1 unspecified atom stereocenters. The monoisotopic (exact) mass is 497 g/mol. The van der Waals surface area contributed by atoms with Crippen LogP contribution in [0.15, 0.2) is 47.5 Å². The van der Waals surface area contributed by atoms with Crippen LogP contribution in [0, 0.1) is 0 Å². The quantitative estimate of drug-likeness (QED) is 0.260. The molecule has 1 atom stereocenters. The summed E-state index contributed by atoms with van der Waals surface area (Å²) in [6.07, 6.45) is 3.35. The first-order chi connectivity index (χ1) is 13.3. The molecule has 6 heteroatoms. The highest BCUT2D eigenvalue weighted by Gasteiger charge is 2.14. The second kappa shape index (κ2) is 12.2. The number of halogens is 1. The van der Waals surface area contributed by atoms with Crippen LogP contribution < -0.4 is 10.6 Å². The van der Waals surface area contributed by atoms with E-state index in [1.54, 1.807) is 0 Å². The number of benzene rings is 2. The van der Waals surface area contributed by atoms with Crippen molar-refractivity contribution in [2.75, 3.05) is 33.4 Å². The highest BCUT2D eigenvalue weighted by Crippen LogP contribution is 2.23. The van der Waals surface area contributed by atoms with Gasteiger partial charge >= 0.3 is 0 Å². The maximum atomic E-state index is 5.92. The number of nitrogens with one attached hydrogen (secondary N) is 2. The molecule has 2 aromatic carbocycles. The molecule has 0 bridgehead atoms. The molecule has 1 aliphatic heterocycles. The molecule has 0 saturated carbocycles. The van der Waals surface area contributed by atoms with Gasteiger partial charge in [0.25, 0.3) is 0 Å². The number of aliphatic imine (C=N–C) groups is 1. The van der Waals surface area contributed by atoms with Crippen molar-refractivity contribution in [3.63, 3.8) is 0 Å². The standard InChI is InChI=1S/C22H31N3O2.HI/c1-17(20-10-5-8-18-7-3-4-9-21(18)20)25-22(23-2)24-13-6-14-27-19-11-15-26-16-12-19;/h3-5,7-10,17,19H,6,11-16H2,1-2H3,(H2,23,24,25);1H. The number of guanidine groups is 1. The molecule has 28 heavy (non-hydrogen) atoms. The van der Waals surface area contributed by atoms with Crippen LogP contribution in [0.5, 0.6) is 0 Å². The number of ether oxygens (including phenoxy) is 2. The van der Waals surface area contributed by atoms with E-state index >= 15 is 0 Å². The Hall–Kier alpha value is -1.38. The van der Waals surface area contributed by atoms with Crippen LogP contribution in [0.1, 0.15) is 37.8 Å². The Labute approximate surface area is 185 Å². The predicted molar refractivity (Wildman–Crippen MR) is 127 cm³/mol. The number of hydrogen-bond donors (Lipinski definition) is 2. The van der Waals surface area contributed by atoms with Gasteiger partial charge in [0.15, 0.2) is 5.96 Å². The van der Waals surface area contributed by atoms with E-state index in [2.05, 4.69) is 65.0 Å². The van der Waals surface area contributed by atoms with Crippen molar-refractivity contribution in [1.82, 2.24) is 10.6 Å². The molecule has 0 aliphatic carbocycles. The van der Waals surface area contributed by atoms with Gasteiger partial charge in [0.1, 0.15) is 0 Å². The Morgan fingerprint density at radius 1 is 1.18 bits per heavy atom. The summed E-state index contributed by atoms with van der Waals surface area (Å²) in [5.41, 5.74) is 1.28. The molecule has 1 heterocycles. The molecule has 1 aliphatic rings. The van der Waals surface area contributed by atoms with Crippen molar-refractivity contribution < 1.29 is 9.47 Å². The molecule has 5 nitrogen and oxygen atoms in total. The maximum absolute atomic E-state index is 5.92. The minimum Gasteiger partial charge on any atom is -0.381 e. The van der Waals surface area contributed by atoms with Crippen molar-refractivity contribution in [3.05, 3.63) is 48.0 Å². The maximum Gasteiger partial charge on any atom is 0.191 e. The average Bonchev–Trinajstić information content (AvgIpc) is 2.72. The Morgan fingerprint density at radius 3 is 2.71 bits per heavy atom. The topological polar surface area (TPSA) is 54.9 Å². The van der Waals surface area contributed by atoms with Gasteiger partial charge in [-0.15, -0.1) is 24.0 Å². The summed E-state index contributed by atoms with van der Waals surface area (Å²) in [6, 6.07) is 15.1. The molecule has 154 valence electrons. The van der Waals surface area contributed by atoms with Crippen LogP contribution in [0.4, 0.5) is 0 Å². The number of fused-ring (bicyclic) bond motifs is 1. The first kappa shape index (κ1) is 22.9. The minimum absolute atomic E-state index is 0. The van der Waals surface area contributed by atoms with Crippen molar-refractivity contribution in [3.8, 4) is 0 Å². The molecule has 0 amide bonds. The van der Waals surface area contributed by atoms with Crippen LogP contribution in [0.2, 0.25) is 0 Å². The second-order valence-electron chi connectivity index (χ2n) is 6.97. The van der Waals surface area contributed by atoms with E-state index in [4.69, 9.17) is 9.47 Å². The zero-order valence-electron chi connectivity index (χ0n) is 16.8. The van der Waals surface area contributed by atoms with Gasteiger partial charge in [-0.3, -0.25) is 4.99 Å². The van der Waals surface area contributed by atoms with Gasteiger partial charge in [-0.05, 0) is 42.5 Å². The summed E-state index contributed by atoms with van der Waals surface area (Å²) < 4.78 is 11.3. The molecular weight excluding hydrogens is 465 g/mol. The summed E-state index contributed by atoms with van der Waals surface area (Å²) >= 11 is 0. The van der Waals surface area contributed by atoms with E-state index in [1.807, 2.05) is 7.05 Å². The lowest BCUT2D eigenvalue weighted by Crippen LogP contribution is -2.39. The molecular formula is C22H32IN3O2. The molecule has 0 aromatic heterocycles. The van der Waals surface area contributed by atoms with Crippen LogP contribution in [0.25, 0.3) is 10.8 Å². The van der Waals surface area contributed by atoms with Gasteiger partial charge in [0.05, 0.1) is 12.1 Å². The summed E-state index contributed by atoms with van der Waals surface area (Å²) in [6.45, 7) is 5.43. The second-order valence-corrected chi connectivity index (χ2v) is 6.97. The van der Waals surface area contributed by atoms with Gasteiger partial charge in [0, 0.05) is 33.4 Å². The fourth-order valence-corrected chi connectivity index (χ4v) is 3.48. The molecule has 3 rings (SSSR count). The SMILES string of the molecule is CN=C(NCCCOC1CCOCC1)NC(C)c1cccc2ccccc12.I. The molecule has 1 fully saturated rings. The van der Waals surface area contributed by atoms with Gasteiger partial charge < -0.3 is 20.1 Å². The van der Waals surface area contributed by atoms with Gasteiger partial charge in [-0.25, -0.2) is 0 Å². The van der Waals surface area contributed by atoms with Gasteiger partial charge in [-0.2, -0.15) is 0 Å². The molecule has 1 saturated heterocycles. The molecule has 0 spiro atoms. The minimum atomic E-state index is 0. The summed E-state index contributed by atoms with van der Waals surface area (Å²) in [5.74, 6) is 0.821. The third-order valence-electron chi connectivity index (χ3n) is 5.00. The molecule has 2 N–H and O–H groups in total. The highest BCUT2D eigenvalue weighted by molar-refractivity contribution is 14.0. The number of nitrogens with zero attached hydrogens (tertiary/aromatic N) is 1. The van der Waals surface area contributed by atoms with E-state index < -0.39 is 0 Å². The first-order valence-electron chi connectivity index (χ1n) is 9.92. The van der Waals surface area contributed by atoms with Crippen LogP contribution in [0.3, 0.4) is 0 Å². The van der Waals surface area contributed by atoms with Crippen molar-refractivity contribution >= 4 is 40.7 Å². The lowest BCUT2D eigenvalue weighted by molar-refractivity contribution is -0.0320. The van der Waals surface area contributed by atoms with Crippen LogP contribution in [-0.2, 0) is 9.47 Å². The van der Waals surface area contributed by atoms with Crippen molar-refractivity contribution in [2.45, 2.75) is 38.3 Å². The molecule has 2 aromatic rings. The van der Waals surface area contributed by atoms with E-state index in [1.165, 1.54) is 16.3 Å². The largest absolute Gasteiger partial charge is 0.381 e. The summed E-state index contributed by atoms with van der Waals surface area (Å²) in [5, 5.41) is 9.43. The summed E-state index contributed by atoms with van der Waals surface area (Å²) in [4.78, 5) is 4.36. The Bertz CT molecular complexity index is 742. The van der Waals surface area contributed by atoms with E-state index in [0.717, 1.165) is 51.6 Å². The normalized spacial score (nSPS) is 16.4. The van der Waals surface area contributed by atoms with E-state index in [9.17, 15) is 0 Å². The number of rotatable bonds is 7. The zero-order chi connectivity index (χ0) is 18.9. The van der Waals surface area contributed by atoms with E-state index in [-0.39, 0.29) is 30.0 Å². The third-order valence-corrected chi connectivity index (χ3v) is 5.00. The zero-order valence-corrected chi connectivity index (χ0v) is 19.1. The summed E-state index contributed by atoms with van der Waals surface area (Å²) in [7, 11) is 1.81. The fourth-order valence-electron chi connectivity index (χ4n) is 3.48. The van der Waals surface area contributed by atoms with Crippen LogP contribution >= 0.6 is 24.0 Å². The van der Waals surface area contributed by atoms with E-state index in [0.29, 0.717) is 6.10 Å². The Kier molecular flexibility index (Phi) is 10.0. The lowest BCUT2D eigenvalue weighted by Gasteiger charge is -2.22. The first-order valence-corrected chi connectivity index (χ1v) is 9.92. The smallest absolute Gasteiger partial charge is 0.191 e. The Balaban J connectivity index is 0.00000280. The van der Waals surface area contributed by atoms with Crippen LogP contribution in [-0.4, -0.2) is 45.5 Å². The van der Waals surface area contributed by atoms with Crippen molar-refractivity contribution in [1.29, 1.82) is 0 Å². The van der Waals surface area contributed by atoms with Crippen molar-refractivity contribution in [2.24, 2.45) is 4.99 Å². The average molecular weight is 497 g/mol. The van der Waals surface area contributed by atoms with Gasteiger partial charge in [-0.1, -0.05) is 42.5 Å². The fraction of sp³-hybridized carbons (Fsp3) is 0.500.